The number of thiazole rings is 1. The van der Waals surface area contributed by atoms with E-state index in [0.29, 0.717) is 5.56 Å². The second-order valence-electron chi connectivity index (χ2n) is 17.2. The smallest absolute Gasteiger partial charge is 0.425 e. The van der Waals surface area contributed by atoms with Gasteiger partial charge in [0.15, 0.2) is 11.3 Å². The van der Waals surface area contributed by atoms with Crippen LogP contribution in [0.5, 0.6) is 11.6 Å². The lowest BCUT2D eigenvalue weighted by Gasteiger charge is -2.12. The van der Waals surface area contributed by atoms with Gasteiger partial charge in [-0.05, 0) is 91.9 Å². The van der Waals surface area contributed by atoms with Gasteiger partial charge >= 0.3 is 10.6 Å². The minimum Gasteiger partial charge on any atom is -0.493 e. The molecule has 0 atom stereocenters. The van der Waals surface area contributed by atoms with Gasteiger partial charge in [0, 0.05) is 32.5 Å². The number of aromatic hydroxyl groups is 1. The summed E-state index contributed by atoms with van der Waals surface area (Å²) in [4.78, 5) is 6.82. The molecular weight excluding hydrogens is 1300 g/mol. The summed E-state index contributed by atoms with van der Waals surface area (Å²) < 4.78 is 200. The summed E-state index contributed by atoms with van der Waals surface area (Å²) >= 11 is 7.96. The summed E-state index contributed by atoms with van der Waals surface area (Å²) in [6, 6.07) is 13.9. The number of hydrogen-bond acceptors (Lipinski definition) is 27. The standard InChI is InChI=1S/C44H37ClN10O18S7.O3S/c1-21-11-31(51-53-38-22(2)28(19-46)42-47-39-33(55(42)43(38)57)14-25(45)15-37(39)80(70,71)72)34(73-7-3-9-76(58,59)60)17-29(21)49-52-32-12-24(20-56)30(18-35(32)74-8-4-10-77(61,62)63)50-54-44-48-40-36(79(67,68)69)13-23-5-6-26(78(64,65)66)16-27(23)41(40)75-44;1-4(2)3/h5-6,11-18,56-57H,3-4,7-10,20H2,1-2H3,(H,58,59,60)(H,61,62,63)(H,64,65,66)(H,67,68,69)(H,70,71,72);. The number of hydrogen-bond donors (Lipinski definition) is 7. The molecule has 3 aromatic heterocycles. The number of halogens is 1. The molecule has 31 nitrogen and oxygen atoms in total. The van der Waals surface area contributed by atoms with Crippen LogP contribution in [0.1, 0.15) is 35.1 Å². The number of aliphatic hydroxyl groups is 1. The average molecular weight is 1330 g/mol. The second kappa shape index (κ2) is 25.2. The molecule has 0 saturated carbocycles. The van der Waals surface area contributed by atoms with Crippen molar-refractivity contribution in [1.29, 1.82) is 5.26 Å². The molecule has 5 aromatic carbocycles. The van der Waals surface area contributed by atoms with Gasteiger partial charge in [-0.1, -0.05) is 29.0 Å². The van der Waals surface area contributed by atoms with E-state index in [1.165, 1.54) is 43.3 Å². The van der Waals surface area contributed by atoms with Crippen molar-refractivity contribution in [3.63, 3.8) is 0 Å². The molecule has 0 aliphatic heterocycles. The number of fused-ring (bicyclic) bond motifs is 6. The van der Waals surface area contributed by atoms with Gasteiger partial charge in [-0.15, -0.1) is 50.0 Å². The maximum atomic E-state index is 12.5. The quantitative estimate of drug-likeness (QED) is 0.0162. The molecule has 0 aliphatic rings. The van der Waals surface area contributed by atoms with Gasteiger partial charge in [0.1, 0.15) is 43.9 Å². The highest BCUT2D eigenvalue weighted by molar-refractivity contribution is 7.99. The van der Waals surface area contributed by atoms with Crippen molar-refractivity contribution in [3.8, 4) is 17.7 Å². The van der Waals surface area contributed by atoms with Crippen LogP contribution in [0.2, 0.25) is 5.02 Å². The molecule has 84 heavy (non-hydrogen) atoms. The van der Waals surface area contributed by atoms with E-state index >= 15 is 0 Å². The van der Waals surface area contributed by atoms with Gasteiger partial charge in [-0.25, -0.2) is 9.97 Å². The van der Waals surface area contributed by atoms with Crippen molar-refractivity contribution in [2.45, 2.75) is 52.9 Å². The molecular formula is C44H37ClN10O21S8. The predicted molar refractivity (Wildman–Crippen MR) is 299 cm³/mol. The van der Waals surface area contributed by atoms with Crippen molar-refractivity contribution in [3.05, 3.63) is 87.9 Å². The number of nitrogens with zero attached hydrogens (tertiary/aromatic N) is 10. The maximum absolute atomic E-state index is 12.5. The molecule has 0 saturated heterocycles. The zero-order chi connectivity index (χ0) is 62.0. The molecule has 3 heterocycles. The van der Waals surface area contributed by atoms with Crippen molar-refractivity contribution >= 4 is 167 Å². The number of ether oxygens (including phenoxy) is 1. The molecule has 0 radical (unpaired) electrons. The fourth-order valence-electron chi connectivity index (χ4n) is 7.76. The summed E-state index contributed by atoms with van der Waals surface area (Å²) in [6.07, 6.45) is -0.290. The first-order valence-electron chi connectivity index (χ1n) is 22.8. The Morgan fingerprint density at radius 2 is 1.35 bits per heavy atom. The SMILES string of the molecule is Cc1cc(N=Nc2c(C)c(C#N)c3nc4c(S(=O)(=O)O)cc(Cl)cc4n3c2O)c(OCCCS(=O)(=O)O)cc1N=Nc1cc(CO)c(N=Nc2nc3c(S(=O)(=O)O)cc4ccc(S(=O)(=O)O)cc4c3s2)cc1SCCCS(=O)(=O)O.O=S(=O)=O. The van der Waals surface area contributed by atoms with Crippen molar-refractivity contribution in [2.75, 3.05) is 23.9 Å². The molecule has 40 heteroatoms. The third-order valence-corrected chi connectivity index (χ3v) is 17.9. The number of aliphatic hydroxyl groups excluding tert-OH is 1. The highest BCUT2D eigenvalue weighted by Crippen LogP contribution is 2.45. The summed E-state index contributed by atoms with van der Waals surface area (Å²) in [5, 5.41) is 57.9. The maximum Gasteiger partial charge on any atom is 0.425 e. The fourth-order valence-corrected chi connectivity index (χ4v) is 13.0. The van der Waals surface area contributed by atoms with Crippen molar-refractivity contribution < 1.29 is 92.4 Å². The van der Waals surface area contributed by atoms with Crippen LogP contribution < -0.4 is 4.74 Å². The number of aromatic nitrogens is 3. The summed E-state index contributed by atoms with van der Waals surface area (Å²) in [5.41, 5.74) is -1.00. The van der Waals surface area contributed by atoms with Gasteiger partial charge in [0.2, 0.25) is 11.0 Å². The number of benzene rings is 5. The molecule has 0 fully saturated rings. The first-order chi connectivity index (χ1) is 39.1. The third kappa shape index (κ3) is 15.4. The zero-order valence-corrected chi connectivity index (χ0v) is 49.5. The van der Waals surface area contributed by atoms with E-state index in [1.807, 2.05) is 6.07 Å². The van der Waals surface area contributed by atoms with Crippen LogP contribution in [0.3, 0.4) is 0 Å². The Bertz CT molecular complexity index is 4900. The number of nitriles is 1. The van der Waals surface area contributed by atoms with Crippen LogP contribution in [0.25, 0.3) is 37.7 Å². The number of rotatable bonds is 20. The van der Waals surface area contributed by atoms with Gasteiger partial charge < -0.3 is 14.9 Å². The van der Waals surface area contributed by atoms with Crippen LogP contribution in [-0.2, 0) is 67.8 Å². The fraction of sp³-hybridized carbons (Fsp3) is 0.205. The van der Waals surface area contributed by atoms with Crippen molar-refractivity contribution in [2.24, 2.45) is 30.7 Å². The Morgan fingerprint density at radius 1 is 0.726 bits per heavy atom. The summed E-state index contributed by atoms with van der Waals surface area (Å²) in [5.74, 6) is -2.06. The van der Waals surface area contributed by atoms with Crippen LogP contribution >= 0.6 is 34.7 Å². The number of azo groups is 3. The molecule has 8 rings (SSSR count). The first kappa shape index (κ1) is 64.4. The Labute approximate surface area is 488 Å². The Kier molecular flexibility index (Phi) is 19.3. The number of imidazole rings is 1. The molecule has 0 amide bonds. The lowest BCUT2D eigenvalue weighted by atomic mass is 10.1. The molecule has 8 aromatic rings. The van der Waals surface area contributed by atoms with Gasteiger partial charge in [0.25, 0.3) is 50.6 Å². The lowest BCUT2D eigenvalue weighted by Crippen LogP contribution is -2.08. The largest absolute Gasteiger partial charge is 0.493 e. The Balaban J connectivity index is 0.00000245. The van der Waals surface area contributed by atoms with E-state index in [2.05, 4.69) is 40.7 Å². The highest BCUT2D eigenvalue weighted by Gasteiger charge is 2.27. The Hall–Kier alpha value is -7.14. The zero-order valence-electron chi connectivity index (χ0n) is 42.2. The van der Waals surface area contributed by atoms with E-state index in [9.17, 15) is 80.3 Å². The van der Waals surface area contributed by atoms with E-state index in [-0.39, 0.29) is 129 Å². The minimum atomic E-state index is -4.92. The number of aryl methyl sites for hydroxylation is 1. The van der Waals surface area contributed by atoms with E-state index in [1.54, 1.807) is 6.92 Å². The van der Waals surface area contributed by atoms with E-state index in [4.69, 9.17) is 29.0 Å². The third-order valence-electron chi connectivity index (χ3n) is 11.4. The van der Waals surface area contributed by atoms with Crippen LogP contribution in [0.4, 0.5) is 33.6 Å². The van der Waals surface area contributed by atoms with Crippen molar-refractivity contribution in [1.82, 2.24) is 14.4 Å². The van der Waals surface area contributed by atoms with E-state index in [0.717, 1.165) is 51.8 Å². The normalized spacial score (nSPS) is 12.8. The lowest BCUT2D eigenvalue weighted by molar-refractivity contribution is 0.282. The monoisotopic (exact) mass is 1330 g/mol. The topological polar surface area (TPSA) is 501 Å². The van der Waals surface area contributed by atoms with E-state index < -0.39 is 99.9 Å². The molecule has 0 unspecified atom stereocenters. The first-order valence-corrected chi connectivity index (χ1v) is 33.5. The van der Waals surface area contributed by atoms with Crippen LogP contribution in [-0.4, -0.2) is 126 Å². The van der Waals surface area contributed by atoms with Gasteiger partial charge in [-0.2, -0.15) is 52.5 Å². The summed E-state index contributed by atoms with van der Waals surface area (Å²) in [7, 11) is -26.5. The average Bonchev–Trinajstić information content (AvgIpc) is 1.86. The van der Waals surface area contributed by atoms with Gasteiger partial charge in [-0.3, -0.25) is 27.2 Å². The molecule has 7 N–H and O–H groups in total. The predicted octanol–water partition coefficient (Wildman–Crippen LogP) is 8.60. The van der Waals surface area contributed by atoms with Crippen LogP contribution in [0.15, 0.2) is 111 Å². The Morgan fingerprint density at radius 3 is 1.96 bits per heavy atom. The number of pyridine rings is 1. The second-order valence-corrected chi connectivity index (χ2v) is 27.5. The highest BCUT2D eigenvalue weighted by atomic mass is 35.5. The molecule has 0 bridgehead atoms. The minimum absolute atomic E-state index is 0.0156. The van der Waals surface area contributed by atoms with Crippen LogP contribution in [0, 0.1) is 25.2 Å². The number of thioether (sulfide) groups is 1. The van der Waals surface area contributed by atoms with Gasteiger partial charge in [0.05, 0.1) is 56.9 Å². The molecule has 444 valence electrons. The molecule has 0 spiro atoms. The molecule has 0 aliphatic carbocycles. The summed E-state index contributed by atoms with van der Waals surface area (Å²) in [6.45, 7) is 1.93.